The van der Waals surface area contributed by atoms with Crippen LogP contribution in [0.3, 0.4) is 0 Å². The predicted octanol–water partition coefficient (Wildman–Crippen LogP) is 2.27. The Bertz CT molecular complexity index is 426. The van der Waals surface area contributed by atoms with Gasteiger partial charge in [0, 0.05) is 5.56 Å². The molecule has 18 heavy (non-hydrogen) atoms. The van der Waals surface area contributed by atoms with Gasteiger partial charge in [-0.15, -0.1) is 0 Å². The van der Waals surface area contributed by atoms with Gasteiger partial charge in [0.05, 0.1) is 0 Å². The zero-order chi connectivity index (χ0) is 13.8. The molecule has 0 aliphatic carbocycles. The molecule has 0 aliphatic rings. The lowest BCUT2D eigenvalue weighted by atomic mass is 9.86. The maximum absolute atomic E-state index is 11.7. The predicted molar refractivity (Wildman–Crippen MR) is 67.9 cm³/mol. The van der Waals surface area contributed by atoms with Gasteiger partial charge in [-0.05, 0) is 11.0 Å². The van der Waals surface area contributed by atoms with E-state index in [0.717, 1.165) is 5.56 Å². The number of rotatable bonds is 5. The van der Waals surface area contributed by atoms with Crippen molar-refractivity contribution < 1.29 is 19.4 Å². The summed E-state index contributed by atoms with van der Waals surface area (Å²) in [5.74, 6) is -1.29. The van der Waals surface area contributed by atoms with Gasteiger partial charge in [-0.3, -0.25) is 4.79 Å². The molecule has 4 nitrogen and oxygen atoms in total. The van der Waals surface area contributed by atoms with Gasteiger partial charge >= 0.3 is 5.97 Å². The van der Waals surface area contributed by atoms with Gasteiger partial charge in [0.1, 0.15) is 13.2 Å². The number of hydrogen-bond acceptors (Lipinski definition) is 3. The van der Waals surface area contributed by atoms with Crippen LogP contribution in [0.15, 0.2) is 24.3 Å². The van der Waals surface area contributed by atoms with E-state index in [1.807, 2.05) is 12.1 Å². The van der Waals surface area contributed by atoms with Crippen LogP contribution in [0.2, 0.25) is 0 Å². The Morgan fingerprint density at radius 1 is 1.11 bits per heavy atom. The Balaban J connectivity index is 2.62. The fraction of sp³-hybridized carbons (Fsp3) is 0.429. The highest BCUT2D eigenvalue weighted by Gasteiger charge is 2.14. The Labute approximate surface area is 107 Å². The van der Waals surface area contributed by atoms with E-state index in [2.05, 4.69) is 20.8 Å². The van der Waals surface area contributed by atoms with Crippen molar-refractivity contribution >= 4 is 11.8 Å². The number of hydrogen-bond donors (Lipinski definition) is 1. The molecule has 0 spiro atoms. The summed E-state index contributed by atoms with van der Waals surface area (Å²) in [5, 5.41) is 8.39. The van der Waals surface area contributed by atoms with Gasteiger partial charge in [0.25, 0.3) is 0 Å². The third-order valence-corrected chi connectivity index (χ3v) is 2.53. The molecule has 0 amide bonds. The van der Waals surface area contributed by atoms with Crippen molar-refractivity contribution in [2.75, 3.05) is 13.2 Å². The number of ether oxygens (including phenoxy) is 1. The minimum Gasteiger partial charge on any atom is -0.480 e. The number of ketones is 1. The molecule has 4 heteroatoms. The highest BCUT2D eigenvalue weighted by molar-refractivity contribution is 5.97. The van der Waals surface area contributed by atoms with Crippen LogP contribution in [-0.2, 0) is 14.9 Å². The summed E-state index contributed by atoms with van der Waals surface area (Å²) in [6.45, 7) is 5.63. The normalized spacial score (nSPS) is 11.3. The molecule has 0 atom stereocenters. The minimum atomic E-state index is -1.08. The molecule has 1 aromatic carbocycles. The molecule has 0 radical (unpaired) electrons. The number of carbonyl (C=O) groups is 2. The molecular weight excluding hydrogens is 232 g/mol. The van der Waals surface area contributed by atoms with Crippen LogP contribution >= 0.6 is 0 Å². The summed E-state index contributed by atoms with van der Waals surface area (Å²) < 4.78 is 4.76. The smallest absolute Gasteiger partial charge is 0.329 e. The fourth-order valence-corrected chi connectivity index (χ4v) is 1.47. The SMILES string of the molecule is CC(C)(C)c1ccc(C(=O)COCC(=O)O)cc1. The van der Waals surface area contributed by atoms with Crippen LogP contribution in [0, 0.1) is 0 Å². The lowest BCUT2D eigenvalue weighted by molar-refractivity contribution is -0.141. The molecule has 1 N–H and O–H groups in total. The molecule has 0 aromatic heterocycles. The molecule has 0 fully saturated rings. The van der Waals surface area contributed by atoms with Crippen LogP contribution in [-0.4, -0.2) is 30.1 Å². The van der Waals surface area contributed by atoms with Gasteiger partial charge < -0.3 is 9.84 Å². The van der Waals surface area contributed by atoms with Crippen molar-refractivity contribution in [3.63, 3.8) is 0 Å². The maximum atomic E-state index is 11.7. The Morgan fingerprint density at radius 2 is 1.67 bits per heavy atom. The van der Waals surface area contributed by atoms with Crippen molar-refractivity contribution in [1.29, 1.82) is 0 Å². The highest BCUT2D eigenvalue weighted by Crippen LogP contribution is 2.22. The van der Waals surface area contributed by atoms with Crippen molar-refractivity contribution in [2.45, 2.75) is 26.2 Å². The summed E-state index contributed by atoms with van der Waals surface area (Å²) in [5.41, 5.74) is 1.72. The summed E-state index contributed by atoms with van der Waals surface area (Å²) in [7, 11) is 0. The Hall–Kier alpha value is -1.68. The van der Waals surface area contributed by atoms with E-state index < -0.39 is 12.6 Å². The average molecular weight is 250 g/mol. The maximum Gasteiger partial charge on any atom is 0.329 e. The van der Waals surface area contributed by atoms with Gasteiger partial charge in [0.2, 0.25) is 0 Å². The van der Waals surface area contributed by atoms with E-state index >= 15 is 0 Å². The molecule has 0 bridgehead atoms. The molecule has 0 heterocycles. The standard InChI is InChI=1S/C14H18O4/c1-14(2,3)11-6-4-10(5-7-11)12(15)8-18-9-13(16)17/h4-7H,8-9H2,1-3H3,(H,16,17). The highest BCUT2D eigenvalue weighted by atomic mass is 16.5. The Morgan fingerprint density at radius 3 is 2.11 bits per heavy atom. The molecular formula is C14H18O4. The summed E-state index contributed by atoms with van der Waals surface area (Å²) in [6.07, 6.45) is 0. The van der Waals surface area contributed by atoms with Gasteiger partial charge in [-0.1, -0.05) is 45.0 Å². The van der Waals surface area contributed by atoms with Crippen LogP contribution < -0.4 is 0 Å². The van der Waals surface area contributed by atoms with E-state index in [0.29, 0.717) is 5.56 Å². The second-order valence-electron chi connectivity index (χ2n) is 5.14. The number of Topliss-reactive ketones (excluding diaryl/α,β-unsaturated/α-hetero) is 1. The number of carboxylic acids is 1. The van der Waals surface area contributed by atoms with Gasteiger partial charge in [-0.2, -0.15) is 0 Å². The molecule has 1 aromatic rings. The summed E-state index contributed by atoms with van der Waals surface area (Å²) >= 11 is 0. The number of carbonyl (C=O) groups excluding carboxylic acids is 1. The number of carboxylic acid groups (broad SMARTS) is 1. The average Bonchev–Trinajstić information content (AvgIpc) is 2.27. The molecule has 0 unspecified atom stereocenters. The first-order valence-corrected chi connectivity index (χ1v) is 5.74. The lowest BCUT2D eigenvalue weighted by Gasteiger charge is -2.18. The zero-order valence-corrected chi connectivity index (χ0v) is 10.9. The van der Waals surface area contributed by atoms with Crippen molar-refractivity contribution in [3.05, 3.63) is 35.4 Å². The lowest BCUT2D eigenvalue weighted by Crippen LogP contribution is -2.15. The first-order chi connectivity index (χ1) is 8.30. The zero-order valence-electron chi connectivity index (χ0n) is 10.9. The molecule has 1 rings (SSSR count). The molecule has 0 saturated carbocycles. The number of benzene rings is 1. The van der Waals surface area contributed by atoms with Crippen LogP contribution in [0.1, 0.15) is 36.7 Å². The topological polar surface area (TPSA) is 63.6 Å². The van der Waals surface area contributed by atoms with Crippen molar-refractivity contribution in [3.8, 4) is 0 Å². The van der Waals surface area contributed by atoms with Gasteiger partial charge in [0.15, 0.2) is 5.78 Å². The second kappa shape index (κ2) is 5.78. The van der Waals surface area contributed by atoms with Gasteiger partial charge in [-0.25, -0.2) is 4.79 Å². The third kappa shape index (κ3) is 4.30. The summed E-state index contributed by atoms with van der Waals surface area (Å²) in [6, 6.07) is 7.30. The largest absolute Gasteiger partial charge is 0.480 e. The third-order valence-electron chi connectivity index (χ3n) is 2.53. The van der Waals surface area contributed by atoms with Crippen LogP contribution in [0.25, 0.3) is 0 Å². The monoisotopic (exact) mass is 250 g/mol. The van der Waals surface area contributed by atoms with E-state index in [9.17, 15) is 9.59 Å². The Kier molecular flexibility index (Phi) is 4.62. The second-order valence-corrected chi connectivity index (χ2v) is 5.14. The first-order valence-electron chi connectivity index (χ1n) is 5.74. The van der Waals surface area contributed by atoms with Crippen molar-refractivity contribution in [2.24, 2.45) is 0 Å². The fourth-order valence-electron chi connectivity index (χ4n) is 1.47. The quantitative estimate of drug-likeness (QED) is 0.814. The first kappa shape index (κ1) is 14.4. The van der Waals surface area contributed by atoms with Crippen LogP contribution in [0.5, 0.6) is 0 Å². The molecule has 0 aliphatic heterocycles. The summed E-state index contributed by atoms with van der Waals surface area (Å²) in [4.78, 5) is 21.9. The molecule has 0 saturated heterocycles. The van der Waals surface area contributed by atoms with E-state index in [-0.39, 0.29) is 17.8 Å². The van der Waals surface area contributed by atoms with E-state index in [1.165, 1.54) is 0 Å². The van der Waals surface area contributed by atoms with E-state index in [4.69, 9.17) is 9.84 Å². The van der Waals surface area contributed by atoms with Crippen molar-refractivity contribution in [1.82, 2.24) is 0 Å². The minimum absolute atomic E-state index is 0.0430. The molecule has 98 valence electrons. The van der Waals surface area contributed by atoms with E-state index in [1.54, 1.807) is 12.1 Å². The van der Waals surface area contributed by atoms with Crippen LogP contribution in [0.4, 0.5) is 0 Å². The number of aliphatic carboxylic acids is 1.